The second-order valence-electron chi connectivity index (χ2n) is 3.49. The third-order valence-electron chi connectivity index (χ3n) is 2.21. The number of hydrogen-bond donors (Lipinski definition) is 2. The van der Waals surface area contributed by atoms with Crippen LogP contribution in [0.5, 0.6) is 0 Å². The summed E-state index contributed by atoms with van der Waals surface area (Å²) in [5.41, 5.74) is 11.1. The van der Waals surface area contributed by atoms with E-state index in [4.69, 9.17) is 11.5 Å². The molecule has 0 aliphatic rings. The zero-order chi connectivity index (χ0) is 7.71. The number of hydrogen-bond acceptors (Lipinski definition) is 2. The Morgan fingerprint density at radius 3 is 1.44 bits per heavy atom. The Morgan fingerprint density at radius 1 is 1.11 bits per heavy atom. The van der Waals surface area contributed by atoms with E-state index in [0.717, 1.165) is 6.42 Å². The van der Waals surface area contributed by atoms with Crippen LogP contribution in [0.2, 0.25) is 0 Å². The van der Waals surface area contributed by atoms with Gasteiger partial charge in [0.1, 0.15) is 0 Å². The van der Waals surface area contributed by atoms with Gasteiger partial charge >= 0.3 is 0 Å². The van der Waals surface area contributed by atoms with Crippen LogP contribution >= 0.6 is 0 Å². The van der Waals surface area contributed by atoms with Gasteiger partial charge in [0.25, 0.3) is 0 Å². The Morgan fingerprint density at radius 2 is 1.44 bits per heavy atom. The van der Waals surface area contributed by atoms with Crippen LogP contribution in [-0.2, 0) is 0 Å². The van der Waals surface area contributed by atoms with E-state index in [-0.39, 0.29) is 11.1 Å². The molecule has 0 bridgehead atoms. The van der Waals surface area contributed by atoms with Gasteiger partial charge in [-0.05, 0) is 27.2 Å². The van der Waals surface area contributed by atoms with Crippen molar-refractivity contribution in [3.05, 3.63) is 0 Å². The minimum Gasteiger partial charge on any atom is -0.324 e. The fourth-order valence-electron chi connectivity index (χ4n) is 0.456. The highest BCUT2D eigenvalue weighted by atomic mass is 14.9. The van der Waals surface area contributed by atoms with E-state index in [0.29, 0.717) is 0 Å². The first-order valence-corrected chi connectivity index (χ1v) is 3.39. The molecule has 0 saturated carbocycles. The molecule has 0 aliphatic carbocycles. The highest BCUT2D eigenvalue weighted by Gasteiger charge is 2.31. The molecule has 0 spiro atoms. The van der Waals surface area contributed by atoms with Crippen molar-refractivity contribution in [2.45, 2.75) is 45.2 Å². The van der Waals surface area contributed by atoms with Gasteiger partial charge in [-0.1, -0.05) is 6.92 Å². The molecule has 0 aromatic carbocycles. The zero-order valence-electron chi connectivity index (χ0n) is 6.86. The van der Waals surface area contributed by atoms with E-state index in [1.165, 1.54) is 0 Å². The topological polar surface area (TPSA) is 52.0 Å². The Bertz CT molecular complexity index is 89.6. The number of rotatable bonds is 2. The molecule has 0 unspecified atom stereocenters. The highest BCUT2D eigenvalue weighted by molar-refractivity contribution is 4.96. The van der Waals surface area contributed by atoms with Crippen molar-refractivity contribution in [1.29, 1.82) is 0 Å². The number of nitrogens with two attached hydrogens (primary N) is 2. The molecule has 2 heteroatoms. The SMILES string of the molecule is CC[C@](C)(N)C(C)(C)N. The van der Waals surface area contributed by atoms with Gasteiger partial charge in [0.2, 0.25) is 0 Å². The van der Waals surface area contributed by atoms with Crippen molar-refractivity contribution >= 4 is 0 Å². The van der Waals surface area contributed by atoms with Crippen molar-refractivity contribution < 1.29 is 0 Å². The normalized spacial score (nSPS) is 19.3. The molecule has 0 amide bonds. The van der Waals surface area contributed by atoms with E-state index < -0.39 is 0 Å². The molecule has 9 heavy (non-hydrogen) atoms. The largest absolute Gasteiger partial charge is 0.324 e. The quantitative estimate of drug-likeness (QED) is 0.582. The summed E-state index contributed by atoms with van der Waals surface area (Å²) >= 11 is 0. The van der Waals surface area contributed by atoms with E-state index in [9.17, 15) is 0 Å². The third kappa shape index (κ3) is 1.95. The molecule has 0 aromatic heterocycles. The van der Waals surface area contributed by atoms with Crippen molar-refractivity contribution in [2.24, 2.45) is 11.5 Å². The standard InChI is InChI=1S/C7H18N2/c1-5-7(4,9)6(2,3)8/h5,8-9H2,1-4H3/t7-/m0/s1. The monoisotopic (exact) mass is 130 g/mol. The molecule has 0 aliphatic heterocycles. The van der Waals surface area contributed by atoms with Crippen LogP contribution in [0.4, 0.5) is 0 Å². The Labute approximate surface area is 57.6 Å². The van der Waals surface area contributed by atoms with Crippen LogP contribution in [0.3, 0.4) is 0 Å². The molecule has 0 saturated heterocycles. The van der Waals surface area contributed by atoms with Gasteiger partial charge in [0.05, 0.1) is 0 Å². The fourth-order valence-corrected chi connectivity index (χ4v) is 0.456. The molecule has 0 rings (SSSR count). The Kier molecular flexibility index (Phi) is 2.25. The molecular weight excluding hydrogens is 112 g/mol. The maximum Gasteiger partial charge on any atom is 0.0300 e. The van der Waals surface area contributed by atoms with Gasteiger partial charge in [0, 0.05) is 11.1 Å². The average molecular weight is 130 g/mol. The summed E-state index contributed by atoms with van der Waals surface area (Å²) < 4.78 is 0. The fraction of sp³-hybridized carbons (Fsp3) is 1.00. The minimum atomic E-state index is -0.276. The van der Waals surface area contributed by atoms with E-state index in [1.807, 2.05) is 20.8 Å². The van der Waals surface area contributed by atoms with Crippen molar-refractivity contribution in [1.82, 2.24) is 0 Å². The van der Waals surface area contributed by atoms with Gasteiger partial charge in [-0.2, -0.15) is 0 Å². The first kappa shape index (κ1) is 8.92. The molecule has 4 N–H and O–H groups in total. The summed E-state index contributed by atoms with van der Waals surface area (Å²) in [7, 11) is 0. The van der Waals surface area contributed by atoms with Gasteiger partial charge in [-0.25, -0.2) is 0 Å². The zero-order valence-corrected chi connectivity index (χ0v) is 6.86. The second kappa shape index (κ2) is 2.27. The summed E-state index contributed by atoms with van der Waals surface area (Å²) in [6, 6.07) is 0. The van der Waals surface area contributed by atoms with E-state index in [1.54, 1.807) is 0 Å². The minimum absolute atomic E-state index is 0.243. The summed E-state index contributed by atoms with van der Waals surface area (Å²) in [4.78, 5) is 0. The van der Waals surface area contributed by atoms with Crippen LogP contribution < -0.4 is 11.5 Å². The lowest BCUT2D eigenvalue weighted by molar-refractivity contribution is 0.275. The van der Waals surface area contributed by atoms with Crippen LogP contribution in [0.1, 0.15) is 34.1 Å². The molecule has 0 heterocycles. The lowest BCUT2D eigenvalue weighted by Crippen LogP contribution is -2.60. The Balaban J connectivity index is 4.14. The molecule has 0 fully saturated rings. The molecule has 56 valence electrons. The lowest BCUT2D eigenvalue weighted by atomic mass is 9.81. The first-order chi connectivity index (χ1) is 3.81. The second-order valence-corrected chi connectivity index (χ2v) is 3.49. The maximum atomic E-state index is 5.87. The van der Waals surface area contributed by atoms with E-state index >= 15 is 0 Å². The smallest absolute Gasteiger partial charge is 0.0300 e. The Hall–Kier alpha value is -0.0800. The average Bonchev–Trinajstić information content (AvgIpc) is 1.64. The summed E-state index contributed by atoms with van der Waals surface area (Å²) in [6.45, 7) is 7.94. The van der Waals surface area contributed by atoms with Crippen molar-refractivity contribution in [3.8, 4) is 0 Å². The summed E-state index contributed by atoms with van der Waals surface area (Å²) in [5.74, 6) is 0. The highest BCUT2D eigenvalue weighted by Crippen LogP contribution is 2.18. The molecule has 2 nitrogen and oxygen atoms in total. The van der Waals surface area contributed by atoms with Crippen molar-refractivity contribution in [2.75, 3.05) is 0 Å². The van der Waals surface area contributed by atoms with E-state index in [2.05, 4.69) is 6.92 Å². The molecule has 0 aromatic rings. The lowest BCUT2D eigenvalue weighted by Gasteiger charge is -2.37. The predicted octanol–water partition coefficient (Wildman–Crippen LogP) is 0.851. The maximum absolute atomic E-state index is 5.87. The van der Waals surface area contributed by atoms with Gasteiger partial charge in [-0.3, -0.25) is 0 Å². The van der Waals surface area contributed by atoms with Gasteiger partial charge in [0.15, 0.2) is 0 Å². The third-order valence-corrected chi connectivity index (χ3v) is 2.21. The predicted molar refractivity (Wildman–Crippen MR) is 41.1 cm³/mol. The molecular formula is C7H18N2. The van der Waals surface area contributed by atoms with Crippen LogP contribution in [0.25, 0.3) is 0 Å². The summed E-state index contributed by atoms with van der Waals surface area (Å²) in [6.07, 6.45) is 0.913. The summed E-state index contributed by atoms with van der Waals surface area (Å²) in [5, 5.41) is 0. The van der Waals surface area contributed by atoms with Gasteiger partial charge in [-0.15, -0.1) is 0 Å². The van der Waals surface area contributed by atoms with Gasteiger partial charge < -0.3 is 11.5 Å². The van der Waals surface area contributed by atoms with Crippen LogP contribution in [0, 0.1) is 0 Å². The van der Waals surface area contributed by atoms with Crippen LogP contribution in [-0.4, -0.2) is 11.1 Å². The first-order valence-electron chi connectivity index (χ1n) is 3.39. The molecule has 1 atom stereocenters. The van der Waals surface area contributed by atoms with Crippen LogP contribution in [0.15, 0.2) is 0 Å². The van der Waals surface area contributed by atoms with Crippen molar-refractivity contribution in [3.63, 3.8) is 0 Å². The molecule has 0 radical (unpaired) electrons.